The third-order valence-electron chi connectivity index (χ3n) is 18.2. The number of hydrogen-bond donors (Lipinski definition) is 7. The number of benzene rings is 1. The number of carbonyl (C=O) groups is 6. The van der Waals surface area contributed by atoms with Gasteiger partial charge in [0.15, 0.2) is 6.29 Å². The molecule has 78 heavy (non-hydrogen) atoms. The SMILES string of the molecule is CC(=O)N[C@H]1[C@@H](OCc2ccccc2)O[C@H](CO)[C@@H](O)[C@@H]1O[C@H](C)C(=O)N[C@@H](C)C(=O)N[C@H](CCC(=O)NCc1cn(CC(=O)O[C@H]2CC[C@@]3(C)C(=CC[C@H]4[C@@H]5CC[C@H]([C@H](C)CCCC(C)C)[C@@]5(C)CC[C@@H]43)C2)nn1)C(N)=O. The normalized spacial score (nSPS) is 31.0. The molecule has 5 amide bonds. The van der Waals surface area contributed by atoms with Gasteiger partial charge in [-0.15, -0.1) is 5.10 Å². The molecular weight excluding hydrogens is 1000 g/mol. The second kappa shape index (κ2) is 26.8. The molecule has 1 aromatic carbocycles. The van der Waals surface area contributed by atoms with Gasteiger partial charge in [0.1, 0.15) is 60.9 Å². The molecule has 1 aromatic heterocycles. The fourth-order valence-electron chi connectivity index (χ4n) is 13.9. The highest BCUT2D eigenvalue weighted by Gasteiger charge is 2.59. The van der Waals surface area contributed by atoms with Crippen molar-refractivity contribution in [3.05, 3.63) is 59.4 Å². The topological polar surface area (TPSA) is 285 Å². The van der Waals surface area contributed by atoms with Crippen LogP contribution in [0, 0.1) is 46.3 Å². The summed E-state index contributed by atoms with van der Waals surface area (Å²) in [6.07, 6.45) is 10.1. The zero-order chi connectivity index (χ0) is 56.5. The predicted molar refractivity (Wildman–Crippen MR) is 288 cm³/mol. The molecule has 1 aliphatic heterocycles. The lowest BCUT2D eigenvalue weighted by atomic mass is 9.47. The van der Waals surface area contributed by atoms with Gasteiger partial charge >= 0.3 is 5.97 Å². The molecule has 0 bridgehead atoms. The standard InChI is InChI=1S/C58H88N8O12/c1-33(2)13-12-14-34(3)43-19-20-44-42-18-17-39-27-41(23-25-57(39,7)45(42)24-26-58(43,44)8)77-49(70)30-66-29-40(64-65-66)28-60-48(69)22-21-46(53(59)72)63-54(73)35(4)61-55(74)36(5)76-52-50(62-37(6)68)56(78-47(31-67)51(52)71)75-32-38-15-10-9-11-16-38/h9-11,15-17,29,33-36,41-47,50-52,56,67,71H,12-14,18-28,30-32H2,1-8H3,(H2,59,72)(H,60,69)(H,61,74)(H,62,68)(H,63,73)/t34-,35+,36-,41+,42+,43-,44+,45+,46-,47-,50-,51-,52-,56+,57+,58-/m1/s1. The summed E-state index contributed by atoms with van der Waals surface area (Å²) in [5.41, 5.74) is 8.82. The largest absolute Gasteiger partial charge is 0.461 e. The van der Waals surface area contributed by atoms with Gasteiger partial charge in [-0.3, -0.25) is 28.8 Å². The van der Waals surface area contributed by atoms with Crippen molar-refractivity contribution in [1.29, 1.82) is 0 Å². The maximum atomic E-state index is 13.4. The second-order valence-corrected chi connectivity index (χ2v) is 24.0. The smallest absolute Gasteiger partial charge is 0.328 e. The summed E-state index contributed by atoms with van der Waals surface area (Å²) in [5.74, 6) is 0.733. The second-order valence-electron chi connectivity index (χ2n) is 24.0. The van der Waals surface area contributed by atoms with Gasteiger partial charge in [-0.2, -0.15) is 0 Å². The Bertz CT molecular complexity index is 2420. The van der Waals surface area contributed by atoms with Gasteiger partial charge < -0.3 is 56.2 Å². The average Bonchev–Trinajstić information content (AvgIpc) is 4.20. The van der Waals surface area contributed by atoms with Crippen LogP contribution in [0.1, 0.15) is 150 Å². The summed E-state index contributed by atoms with van der Waals surface area (Å²) < 4.78 is 25.2. The molecule has 4 aliphatic carbocycles. The summed E-state index contributed by atoms with van der Waals surface area (Å²) in [6, 6.07) is 5.52. The maximum Gasteiger partial charge on any atom is 0.328 e. The first kappa shape index (κ1) is 60.4. The minimum Gasteiger partial charge on any atom is -0.461 e. The first-order valence-corrected chi connectivity index (χ1v) is 28.6. The molecule has 20 nitrogen and oxygen atoms in total. The third-order valence-corrected chi connectivity index (χ3v) is 18.2. The number of aliphatic hydroxyl groups is 2. The van der Waals surface area contributed by atoms with Crippen LogP contribution in [0.15, 0.2) is 48.2 Å². The molecule has 0 radical (unpaired) electrons. The predicted octanol–water partition coefficient (Wildman–Crippen LogP) is 4.68. The molecule has 1 saturated heterocycles. The molecule has 4 fully saturated rings. The van der Waals surface area contributed by atoms with Gasteiger partial charge in [0.05, 0.1) is 26.0 Å². The Labute approximate surface area is 459 Å². The van der Waals surface area contributed by atoms with Crippen molar-refractivity contribution in [2.75, 3.05) is 6.61 Å². The zero-order valence-electron chi connectivity index (χ0n) is 47.1. The highest BCUT2D eigenvalue weighted by Crippen LogP contribution is 2.67. The number of aliphatic hydroxyl groups excluding tert-OH is 2. The number of aromatic nitrogens is 3. The monoisotopic (exact) mass is 1090 g/mol. The Balaban J connectivity index is 0.822. The quantitative estimate of drug-likeness (QED) is 0.0526. The Morgan fingerprint density at radius 2 is 1.69 bits per heavy atom. The van der Waals surface area contributed by atoms with Gasteiger partial charge in [-0.1, -0.05) is 101 Å². The number of allylic oxidation sites excluding steroid dienone is 1. The summed E-state index contributed by atoms with van der Waals surface area (Å²) >= 11 is 0. The molecule has 0 unspecified atom stereocenters. The van der Waals surface area contributed by atoms with Crippen LogP contribution in [-0.4, -0.2) is 122 Å². The zero-order valence-corrected chi connectivity index (χ0v) is 47.1. The Hall–Kier alpha value is -5.28. The van der Waals surface area contributed by atoms with Gasteiger partial charge in [0.25, 0.3) is 0 Å². The van der Waals surface area contributed by atoms with Crippen molar-refractivity contribution in [3.8, 4) is 0 Å². The Kier molecular flexibility index (Phi) is 20.7. The summed E-state index contributed by atoms with van der Waals surface area (Å²) in [7, 11) is 0. The van der Waals surface area contributed by atoms with Crippen molar-refractivity contribution in [2.45, 2.75) is 213 Å². The van der Waals surface area contributed by atoms with Crippen LogP contribution >= 0.6 is 0 Å². The van der Waals surface area contributed by atoms with Crippen molar-refractivity contribution in [3.63, 3.8) is 0 Å². The van der Waals surface area contributed by atoms with Crippen LogP contribution in [0.25, 0.3) is 0 Å². The van der Waals surface area contributed by atoms with Crippen molar-refractivity contribution in [2.24, 2.45) is 52.1 Å². The van der Waals surface area contributed by atoms with E-state index in [9.17, 15) is 39.0 Å². The molecule has 2 aromatic rings. The Morgan fingerprint density at radius 3 is 2.40 bits per heavy atom. The average molecular weight is 1090 g/mol. The van der Waals surface area contributed by atoms with E-state index in [1.54, 1.807) is 6.20 Å². The summed E-state index contributed by atoms with van der Waals surface area (Å²) in [5, 5.41) is 39.7. The van der Waals surface area contributed by atoms with Crippen molar-refractivity contribution >= 4 is 35.5 Å². The lowest BCUT2D eigenvalue weighted by Crippen LogP contribution is -2.66. The first-order chi connectivity index (χ1) is 37.1. The van der Waals surface area contributed by atoms with E-state index in [2.05, 4.69) is 72.3 Å². The summed E-state index contributed by atoms with van der Waals surface area (Å²) in [4.78, 5) is 77.4. The van der Waals surface area contributed by atoms with E-state index in [0.29, 0.717) is 17.0 Å². The highest BCUT2D eigenvalue weighted by molar-refractivity contribution is 5.92. The highest BCUT2D eigenvalue weighted by atomic mass is 16.7. The molecule has 16 atom stereocenters. The first-order valence-electron chi connectivity index (χ1n) is 28.6. The van der Waals surface area contributed by atoms with Gasteiger partial charge in [0.2, 0.25) is 29.5 Å². The third kappa shape index (κ3) is 14.7. The molecule has 8 N–H and O–H groups in total. The number of nitrogens with one attached hydrogen (secondary N) is 4. The minimum atomic E-state index is -1.50. The van der Waals surface area contributed by atoms with E-state index in [1.165, 1.54) is 76.0 Å². The number of fused-ring (bicyclic) bond motifs is 5. The number of carbonyl (C=O) groups excluding carboxylic acids is 6. The van der Waals surface area contributed by atoms with Gasteiger partial charge in [-0.25, -0.2) is 4.68 Å². The summed E-state index contributed by atoms with van der Waals surface area (Å²) in [6.45, 7) is 15.6. The molecule has 5 aliphatic rings. The van der Waals surface area contributed by atoms with Crippen molar-refractivity contribution in [1.82, 2.24) is 36.3 Å². The molecule has 7 rings (SSSR count). The van der Waals surface area contributed by atoms with Gasteiger partial charge in [-0.05, 0) is 117 Å². The lowest BCUT2D eigenvalue weighted by molar-refractivity contribution is -0.283. The van der Waals surface area contributed by atoms with Crippen LogP contribution in [0.5, 0.6) is 0 Å². The van der Waals surface area contributed by atoms with Crippen LogP contribution < -0.4 is 27.0 Å². The molecule has 3 saturated carbocycles. The fourth-order valence-corrected chi connectivity index (χ4v) is 13.9. The van der Waals surface area contributed by atoms with E-state index < -0.39 is 90.9 Å². The molecule has 20 heteroatoms. The number of ether oxygens (including phenoxy) is 4. The van der Waals surface area contributed by atoms with Crippen LogP contribution in [-0.2, 0) is 67.4 Å². The van der Waals surface area contributed by atoms with Crippen molar-refractivity contribution < 1.29 is 57.9 Å². The molecule has 432 valence electrons. The minimum absolute atomic E-state index is 0.0151. The van der Waals surface area contributed by atoms with E-state index in [4.69, 9.17) is 24.7 Å². The van der Waals surface area contributed by atoms with E-state index in [1.807, 2.05) is 30.3 Å². The number of hydrogen-bond acceptors (Lipinski definition) is 14. The van der Waals surface area contributed by atoms with E-state index in [0.717, 1.165) is 60.8 Å². The van der Waals surface area contributed by atoms with E-state index in [-0.39, 0.29) is 44.1 Å². The number of nitrogens with zero attached hydrogens (tertiary/aromatic N) is 3. The fraction of sp³-hybridized carbons (Fsp3) is 0.724. The molecule has 0 spiro atoms. The number of esters is 1. The number of amides is 5. The molecular formula is C58H88N8O12. The number of nitrogens with two attached hydrogens (primary N) is 1. The molecule has 2 heterocycles. The number of primary amides is 1. The Morgan fingerprint density at radius 1 is 0.936 bits per heavy atom. The van der Waals surface area contributed by atoms with Crippen LogP contribution in [0.3, 0.4) is 0 Å². The number of rotatable bonds is 25. The van der Waals surface area contributed by atoms with E-state index >= 15 is 0 Å². The van der Waals surface area contributed by atoms with Crippen LogP contribution in [0.2, 0.25) is 0 Å². The lowest BCUT2D eigenvalue weighted by Gasteiger charge is -2.58. The van der Waals surface area contributed by atoms with Crippen LogP contribution in [0.4, 0.5) is 0 Å². The maximum absolute atomic E-state index is 13.4. The van der Waals surface area contributed by atoms with Gasteiger partial charge in [0, 0.05) is 19.8 Å².